The lowest BCUT2D eigenvalue weighted by atomic mass is 9.52. The predicted molar refractivity (Wildman–Crippen MR) is 56.9 cm³/mol. The lowest BCUT2D eigenvalue weighted by Gasteiger charge is -2.49. The lowest BCUT2D eigenvalue weighted by molar-refractivity contribution is -0.181. The molecule has 1 fully saturated rings. The van der Waals surface area contributed by atoms with E-state index in [0.717, 1.165) is 12.8 Å². The number of allylic oxidation sites excluding steroid dienone is 2. The number of aliphatic carboxylic acids is 2. The zero-order valence-corrected chi connectivity index (χ0v) is 9.06. The fraction of sp³-hybridized carbons (Fsp3) is 0.667. The van der Waals surface area contributed by atoms with E-state index in [9.17, 15) is 14.7 Å². The minimum atomic E-state index is -1.00. The average Bonchev–Trinajstić information content (AvgIpc) is 2.16. The molecular formula is C12H16O4. The molecule has 0 aliphatic heterocycles. The minimum Gasteiger partial charge on any atom is -0.481 e. The van der Waals surface area contributed by atoms with Crippen LogP contribution in [0, 0.1) is 17.3 Å². The second-order valence-electron chi connectivity index (χ2n) is 4.76. The highest BCUT2D eigenvalue weighted by molar-refractivity contribution is 5.85. The van der Waals surface area contributed by atoms with Crippen molar-refractivity contribution in [1.29, 1.82) is 0 Å². The molecule has 0 aromatic rings. The van der Waals surface area contributed by atoms with E-state index in [1.807, 2.05) is 12.2 Å². The van der Waals surface area contributed by atoms with Gasteiger partial charge in [0.25, 0.3) is 0 Å². The maximum absolute atomic E-state index is 11.4. The molecule has 0 aromatic carbocycles. The first kappa shape index (κ1) is 11.2. The Bertz CT molecular complexity index is 347. The fourth-order valence-electron chi connectivity index (χ4n) is 3.12. The van der Waals surface area contributed by atoms with E-state index >= 15 is 0 Å². The second kappa shape index (κ2) is 3.92. The van der Waals surface area contributed by atoms with Crippen LogP contribution in [0.25, 0.3) is 0 Å². The Morgan fingerprint density at radius 3 is 2.31 bits per heavy atom. The van der Waals surface area contributed by atoms with Crippen LogP contribution in [-0.4, -0.2) is 22.2 Å². The zero-order valence-electron chi connectivity index (χ0n) is 9.06. The summed E-state index contributed by atoms with van der Waals surface area (Å²) in [5, 5.41) is 18.4. The van der Waals surface area contributed by atoms with E-state index in [1.165, 1.54) is 0 Å². The van der Waals surface area contributed by atoms with Gasteiger partial charge in [-0.1, -0.05) is 12.2 Å². The molecule has 2 aliphatic carbocycles. The van der Waals surface area contributed by atoms with Crippen LogP contribution in [0.4, 0.5) is 0 Å². The van der Waals surface area contributed by atoms with Gasteiger partial charge in [-0.15, -0.1) is 0 Å². The van der Waals surface area contributed by atoms with E-state index in [-0.39, 0.29) is 5.92 Å². The third kappa shape index (κ3) is 1.44. The summed E-state index contributed by atoms with van der Waals surface area (Å²) in [6, 6.07) is 0. The standard InChI is InChI=1S/C12H16O4/c13-10(14)9-6-7-12(9,11(15)16)8-4-2-1-3-5-8/h1-2,8-9H,3-7H2,(H,13,14)(H,15,16). The van der Waals surface area contributed by atoms with Crippen LogP contribution in [-0.2, 0) is 9.59 Å². The number of hydrogen-bond acceptors (Lipinski definition) is 2. The summed E-state index contributed by atoms with van der Waals surface area (Å²) in [5.41, 5.74) is -1.00. The number of carbonyl (C=O) groups is 2. The van der Waals surface area contributed by atoms with Crippen molar-refractivity contribution in [3.05, 3.63) is 12.2 Å². The normalized spacial score (nSPS) is 37.8. The van der Waals surface area contributed by atoms with Crippen molar-refractivity contribution >= 4 is 11.9 Å². The molecule has 0 bridgehead atoms. The summed E-state index contributed by atoms with van der Waals surface area (Å²) in [4.78, 5) is 22.5. The van der Waals surface area contributed by atoms with Gasteiger partial charge in [-0.3, -0.25) is 9.59 Å². The molecule has 3 atom stereocenters. The fourth-order valence-corrected chi connectivity index (χ4v) is 3.12. The summed E-state index contributed by atoms with van der Waals surface area (Å²) in [6.45, 7) is 0. The smallest absolute Gasteiger partial charge is 0.310 e. The Balaban J connectivity index is 2.26. The number of hydrogen-bond donors (Lipinski definition) is 2. The van der Waals surface area contributed by atoms with Crippen LogP contribution >= 0.6 is 0 Å². The summed E-state index contributed by atoms with van der Waals surface area (Å²) in [5.74, 6) is -2.58. The van der Waals surface area contributed by atoms with Crippen LogP contribution in [0.2, 0.25) is 0 Å². The third-order valence-electron chi connectivity index (χ3n) is 4.16. The Labute approximate surface area is 94.0 Å². The van der Waals surface area contributed by atoms with Crippen LogP contribution < -0.4 is 0 Å². The van der Waals surface area contributed by atoms with E-state index in [4.69, 9.17) is 5.11 Å². The third-order valence-corrected chi connectivity index (χ3v) is 4.16. The molecule has 4 nitrogen and oxygen atoms in total. The van der Waals surface area contributed by atoms with E-state index in [0.29, 0.717) is 19.3 Å². The maximum Gasteiger partial charge on any atom is 0.310 e. The summed E-state index contributed by atoms with van der Waals surface area (Å²) >= 11 is 0. The average molecular weight is 224 g/mol. The van der Waals surface area contributed by atoms with Crippen molar-refractivity contribution in [2.24, 2.45) is 17.3 Å². The van der Waals surface area contributed by atoms with Crippen LogP contribution in [0.15, 0.2) is 12.2 Å². The maximum atomic E-state index is 11.4. The Hall–Kier alpha value is -1.32. The summed E-state index contributed by atoms with van der Waals surface area (Å²) in [7, 11) is 0. The zero-order chi connectivity index (χ0) is 11.8. The van der Waals surface area contributed by atoms with Gasteiger partial charge >= 0.3 is 11.9 Å². The van der Waals surface area contributed by atoms with Gasteiger partial charge in [-0.05, 0) is 38.0 Å². The first-order chi connectivity index (χ1) is 7.59. The van der Waals surface area contributed by atoms with Gasteiger partial charge in [0.2, 0.25) is 0 Å². The quantitative estimate of drug-likeness (QED) is 0.718. The molecule has 0 aromatic heterocycles. The molecule has 0 heterocycles. The van der Waals surface area contributed by atoms with Crippen LogP contribution in [0.1, 0.15) is 32.1 Å². The van der Waals surface area contributed by atoms with Crippen molar-refractivity contribution in [3.63, 3.8) is 0 Å². The molecule has 16 heavy (non-hydrogen) atoms. The highest BCUT2D eigenvalue weighted by Crippen LogP contribution is 2.55. The predicted octanol–water partition coefficient (Wildman–Crippen LogP) is 1.91. The number of carboxylic acid groups (broad SMARTS) is 2. The Morgan fingerprint density at radius 1 is 1.19 bits per heavy atom. The molecule has 0 spiro atoms. The monoisotopic (exact) mass is 224 g/mol. The molecule has 88 valence electrons. The van der Waals surface area contributed by atoms with Gasteiger partial charge in [0.15, 0.2) is 0 Å². The first-order valence-electron chi connectivity index (χ1n) is 5.70. The van der Waals surface area contributed by atoms with Crippen molar-refractivity contribution in [1.82, 2.24) is 0 Å². The summed E-state index contributed by atoms with van der Waals surface area (Å²) < 4.78 is 0. The van der Waals surface area contributed by atoms with E-state index in [2.05, 4.69) is 0 Å². The largest absolute Gasteiger partial charge is 0.481 e. The van der Waals surface area contributed by atoms with Crippen molar-refractivity contribution in [2.45, 2.75) is 32.1 Å². The molecule has 3 unspecified atom stereocenters. The van der Waals surface area contributed by atoms with Gasteiger partial charge in [-0.2, -0.15) is 0 Å². The summed E-state index contributed by atoms with van der Waals surface area (Å²) in [6.07, 6.45) is 7.41. The highest BCUT2D eigenvalue weighted by atomic mass is 16.4. The Morgan fingerprint density at radius 2 is 1.94 bits per heavy atom. The minimum absolute atomic E-state index is 0.00940. The Kier molecular flexibility index (Phi) is 2.74. The topological polar surface area (TPSA) is 74.6 Å². The SMILES string of the molecule is O=C(O)C1CCC1(C(=O)O)C1CC=CCC1. The number of rotatable bonds is 3. The number of carboxylic acids is 2. The van der Waals surface area contributed by atoms with E-state index < -0.39 is 23.3 Å². The molecule has 1 saturated carbocycles. The second-order valence-corrected chi connectivity index (χ2v) is 4.76. The van der Waals surface area contributed by atoms with E-state index in [1.54, 1.807) is 0 Å². The molecular weight excluding hydrogens is 208 g/mol. The van der Waals surface area contributed by atoms with Crippen molar-refractivity contribution < 1.29 is 19.8 Å². The van der Waals surface area contributed by atoms with Crippen LogP contribution in [0.5, 0.6) is 0 Å². The highest BCUT2D eigenvalue weighted by Gasteiger charge is 2.60. The molecule has 0 amide bonds. The van der Waals surface area contributed by atoms with Gasteiger partial charge in [0, 0.05) is 0 Å². The van der Waals surface area contributed by atoms with Gasteiger partial charge < -0.3 is 10.2 Å². The molecule has 2 N–H and O–H groups in total. The van der Waals surface area contributed by atoms with Crippen molar-refractivity contribution in [2.75, 3.05) is 0 Å². The van der Waals surface area contributed by atoms with Crippen LogP contribution in [0.3, 0.4) is 0 Å². The van der Waals surface area contributed by atoms with Gasteiger partial charge in [0.1, 0.15) is 0 Å². The van der Waals surface area contributed by atoms with Gasteiger partial charge in [0.05, 0.1) is 11.3 Å². The lowest BCUT2D eigenvalue weighted by Crippen LogP contribution is -2.55. The van der Waals surface area contributed by atoms with Crippen molar-refractivity contribution in [3.8, 4) is 0 Å². The molecule has 2 rings (SSSR count). The molecule has 2 aliphatic rings. The first-order valence-corrected chi connectivity index (χ1v) is 5.70. The molecule has 0 radical (unpaired) electrons. The molecule has 0 saturated heterocycles. The molecule has 4 heteroatoms. The van der Waals surface area contributed by atoms with Gasteiger partial charge in [-0.25, -0.2) is 0 Å².